The quantitative estimate of drug-likeness (QED) is 0.415. The number of alkyl halides is 3. The number of carbonyl (C=O) groups is 1. The SMILES string of the molecule is CCc1cc(N2CCNC(C)C2)ccc1Nc1ncc(C(F)(F)F)c(-c2cc3c(s2)C(=O)N(C2COC2)CCS3(=O)=O)n1. The van der Waals surface area contributed by atoms with Crippen molar-refractivity contribution in [2.75, 3.05) is 55.4 Å². The summed E-state index contributed by atoms with van der Waals surface area (Å²) in [5.41, 5.74) is 1.03. The monoisotopic (exact) mass is 636 g/mol. The fraction of sp³-hybridized carbons (Fsp3) is 0.464. The number of piperazine rings is 1. The normalized spacial score (nSPS) is 20.9. The highest BCUT2D eigenvalue weighted by Gasteiger charge is 2.41. The number of fused-ring (bicyclic) bond motifs is 1. The van der Waals surface area contributed by atoms with Gasteiger partial charge in [0.05, 0.1) is 40.5 Å². The number of sulfone groups is 1. The van der Waals surface area contributed by atoms with Gasteiger partial charge in [-0.15, -0.1) is 11.3 Å². The Hall–Kier alpha value is -3.27. The highest BCUT2D eigenvalue weighted by molar-refractivity contribution is 7.91. The third-order valence-electron chi connectivity index (χ3n) is 7.93. The van der Waals surface area contributed by atoms with Crippen LogP contribution in [0.1, 0.15) is 34.6 Å². The van der Waals surface area contributed by atoms with Gasteiger partial charge in [0.25, 0.3) is 5.91 Å². The van der Waals surface area contributed by atoms with Crippen LogP contribution in [0.25, 0.3) is 10.6 Å². The van der Waals surface area contributed by atoms with Crippen molar-refractivity contribution in [3.63, 3.8) is 0 Å². The van der Waals surface area contributed by atoms with Crippen LogP contribution in [0.4, 0.5) is 30.5 Å². The molecule has 1 aromatic carbocycles. The molecule has 2 aromatic heterocycles. The van der Waals surface area contributed by atoms with E-state index in [4.69, 9.17) is 4.74 Å². The maximum absolute atomic E-state index is 14.1. The number of rotatable bonds is 6. The Balaban J connectivity index is 1.36. The third kappa shape index (κ3) is 5.82. The first-order valence-corrected chi connectivity index (χ1v) is 16.5. The first-order chi connectivity index (χ1) is 20.4. The van der Waals surface area contributed by atoms with Gasteiger partial charge < -0.3 is 25.2 Å². The molecule has 1 amide bonds. The molecular weight excluding hydrogens is 605 g/mol. The molecule has 6 rings (SSSR count). The molecule has 2 saturated heterocycles. The molecule has 3 aliphatic rings. The van der Waals surface area contributed by atoms with Crippen molar-refractivity contribution in [2.24, 2.45) is 0 Å². The molecule has 5 heterocycles. The Morgan fingerprint density at radius 2 is 2.00 bits per heavy atom. The predicted octanol–water partition coefficient (Wildman–Crippen LogP) is 3.96. The molecule has 1 atom stereocenters. The Kier molecular flexibility index (Phi) is 7.85. The predicted molar refractivity (Wildman–Crippen MR) is 157 cm³/mol. The van der Waals surface area contributed by atoms with E-state index < -0.39 is 33.2 Å². The summed E-state index contributed by atoms with van der Waals surface area (Å²) >= 11 is 0.699. The lowest BCUT2D eigenvalue weighted by atomic mass is 10.1. The van der Waals surface area contributed by atoms with Crippen molar-refractivity contribution in [1.82, 2.24) is 20.2 Å². The number of halogens is 3. The second-order valence-electron chi connectivity index (χ2n) is 10.9. The molecule has 2 fully saturated rings. The topological polar surface area (TPSA) is 117 Å². The molecule has 10 nitrogen and oxygen atoms in total. The second-order valence-corrected chi connectivity index (χ2v) is 14.0. The summed E-state index contributed by atoms with van der Waals surface area (Å²) in [5.74, 6) is -0.940. The Morgan fingerprint density at radius 3 is 2.67 bits per heavy atom. The van der Waals surface area contributed by atoms with Crippen LogP contribution in [0.3, 0.4) is 0 Å². The third-order valence-corrected chi connectivity index (χ3v) is 10.9. The molecular formula is C28H31F3N6O4S2. The molecule has 0 aliphatic carbocycles. The van der Waals surface area contributed by atoms with Crippen molar-refractivity contribution < 1.29 is 31.1 Å². The highest BCUT2D eigenvalue weighted by atomic mass is 32.2. The Morgan fingerprint density at radius 1 is 1.21 bits per heavy atom. The van der Waals surface area contributed by atoms with Crippen LogP contribution >= 0.6 is 11.3 Å². The van der Waals surface area contributed by atoms with Gasteiger partial charge in [-0.05, 0) is 43.2 Å². The van der Waals surface area contributed by atoms with Gasteiger partial charge in [0.2, 0.25) is 5.95 Å². The smallest absolute Gasteiger partial charge is 0.377 e. The number of carbonyl (C=O) groups excluding carboxylic acids is 1. The maximum Gasteiger partial charge on any atom is 0.420 e. The van der Waals surface area contributed by atoms with Gasteiger partial charge in [0.1, 0.15) is 10.4 Å². The van der Waals surface area contributed by atoms with Crippen LogP contribution in [-0.4, -0.2) is 86.4 Å². The molecule has 230 valence electrons. The Bertz CT molecular complexity index is 1660. The molecule has 15 heteroatoms. The van der Waals surface area contributed by atoms with Gasteiger partial charge in [-0.2, -0.15) is 13.2 Å². The average Bonchev–Trinajstić information content (AvgIpc) is 3.37. The molecule has 43 heavy (non-hydrogen) atoms. The van der Waals surface area contributed by atoms with E-state index in [-0.39, 0.29) is 52.2 Å². The van der Waals surface area contributed by atoms with Crippen molar-refractivity contribution in [3.05, 3.63) is 46.5 Å². The number of aromatic nitrogens is 2. The molecule has 0 saturated carbocycles. The Labute approximate surface area is 251 Å². The van der Waals surface area contributed by atoms with E-state index in [1.165, 1.54) is 4.90 Å². The molecule has 0 radical (unpaired) electrons. The van der Waals surface area contributed by atoms with Gasteiger partial charge in [-0.25, -0.2) is 18.4 Å². The van der Waals surface area contributed by atoms with E-state index in [0.29, 0.717) is 35.7 Å². The number of aryl methyl sites for hydroxylation is 1. The number of hydrogen-bond acceptors (Lipinski definition) is 10. The molecule has 0 bridgehead atoms. The van der Waals surface area contributed by atoms with Crippen LogP contribution in [0.5, 0.6) is 0 Å². The number of benzene rings is 1. The number of hydrogen-bond donors (Lipinski definition) is 2. The van der Waals surface area contributed by atoms with E-state index in [9.17, 15) is 26.4 Å². The lowest BCUT2D eigenvalue weighted by molar-refractivity contribution is -0.137. The molecule has 3 aliphatic heterocycles. The van der Waals surface area contributed by atoms with E-state index in [1.807, 2.05) is 19.1 Å². The lowest BCUT2D eigenvalue weighted by Crippen LogP contribution is -2.52. The van der Waals surface area contributed by atoms with Crippen LogP contribution in [-0.2, 0) is 27.2 Å². The summed E-state index contributed by atoms with van der Waals surface area (Å²) in [7, 11) is -3.92. The summed E-state index contributed by atoms with van der Waals surface area (Å²) < 4.78 is 73.8. The fourth-order valence-corrected chi connectivity index (χ4v) is 8.42. The molecule has 1 unspecified atom stereocenters. The van der Waals surface area contributed by atoms with Crippen molar-refractivity contribution in [2.45, 2.75) is 43.4 Å². The summed E-state index contributed by atoms with van der Waals surface area (Å²) in [6, 6.07) is 7.08. The van der Waals surface area contributed by atoms with Gasteiger partial charge in [0.15, 0.2) is 9.84 Å². The molecule has 2 N–H and O–H groups in total. The van der Waals surface area contributed by atoms with E-state index >= 15 is 0 Å². The average molecular weight is 637 g/mol. The minimum Gasteiger partial charge on any atom is -0.377 e. The number of nitrogens with zero attached hydrogens (tertiary/aromatic N) is 4. The standard InChI is InChI=1S/C28H31F3N6O4S2/c1-3-17-10-18(36-7-6-32-16(2)13-36)4-5-21(17)34-27-33-12-20(28(29,30)31)24(35-27)22-11-23-25(42-22)26(38)37(19-14-41-15-19)8-9-43(23,39)40/h4-5,10-12,16,19,32H,3,6-9,13-15H2,1-2H3,(H,33,34,35). The second kappa shape index (κ2) is 11.3. The van der Waals surface area contributed by atoms with Crippen LogP contribution in [0.2, 0.25) is 0 Å². The largest absolute Gasteiger partial charge is 0.420 e. The number of nitrogens with one attached hydrogen (secondary N) is 2. The summed E-state index contributed by atoms with van der Waals surface area (Å²) in [4.78, 5) is 24.8. The number of anilines is 3. The van der Waals surface area contributed by atoms with E-state index in [0.717, 1.165) is 37.0 Å². The zero-order chi connectivity index (χ0) is 30.5. The number of ether oxygens (including phenoxy) is 1. The zero-order valence-corrected chi connectivity index (χ0v) is 25.2. The number of amides is 1. The number of thiophene rings is 1. The maximum atomic E-state index is 14.1. The van der Waals surface area contributed by atoms with Gasteiger partial charge in [-0.3, -0.25) is 4.79 Å². The van der Waals surface area contributed by atoms with E-state index in [2.05, 4.69) is 38.5 Å². The van der Waals surface area contributed by atoms with Crippen LogP contribution in [0.15, 0.2) is 35.4 Å². The van der Waals surface area contributed by atoms with Crippen molar-refractivity contribution in [3.8, 4) is 10.6 Å². The molecule has 3 aromatic rings. The zero-order valence-electron chi connectivity index (χ0n) is 23.6. The minimum absolute atomic E-state index is 0.00642. The van der Waals surface area contributed by atoms with E-state index in [1.54, 1.807) is 0 Å². The summed E-state index contributed by atoms with van der Waals surface area (Å²) in [6.45, 7) is 7.26. The van der Waals surface area contributed by atoms with Crippen molar-refractivity contribution >= 4 is 44.4 Å². The van der Waals surface area contributed by atoms with Crippen LogP contribution in [0, 0.1) is 0 Å². The van der Waals surface area contributed by atoms with Gasteiger partial charge in [0, 0.05) is 49.8 Å². The summed E-state index contributed by atoms with van der Waals surface area (Å²) in [6.07, 6.45) is -3.47. The van der Waals surface area contributed by atoms with Crippen molar-refractivity contribution in [1.29, 1.82) is 0 Å². The highest BCUT2D eigenvalue weighted by Crippen LogP contribution is 2.42. The minimum atomic E-state index is -4.82. The fourth-order valence-electron chi connectivity index (χ4n) is 5.50. The lowest BCUT2D eigenvalue weighted by Gasteiger charge is -2.36. The van der Waals surface area contributed by atoms with Gasteiger partial charge in [-0.1, -0.05) is 6.92 Å². The first kappa shape index (κ1) is 29.8. The first-order valence-electron chi connectivity index (χ1n) is 14.0. The summed E-state index contributed by atoms with van der Waals surface area (Å²) in [5, 5.41) is 6.48. The van der Waals surface area contributed by atoms with Gasteiger partial charge >= 0.3 is 6.18 Å². The van der Waals surface area contributed by atoms with Crippen LogP contribution < -0.4 is 15.5 Å². The molecule has 0 spiro atoms.